The fraction of sp³-hybridized carbons (Fsp3) is 0.556. The third kappa shape index (κ3) is 4.32. The topological polar surface area (TPSA) is 75.6 Å². The van der Waals surface area contributed by atoms with Gasteiger partial charge in [0.05, 0.1) is 25.6 Å². The van der Waals surface area contributed by atoms with E-state index in [0.29, 0.717) is 19.4 Å². The van der Waals surface area contributed by atoms with Crippen LogP contribution in [0.15, 0.2) is 24.3 Å². The van der Waals surface area contributed by atoms with E-state index in [0.717, 1.165) is 12.0 Å². The van der Waals surface area contributed by atoms with E-state index < -0.39 is 11.5 Å². The van der Waals surface area contributed by atoms with E-state index in [1.807, 2.05) is 32.0 Å². The number of carboxylic acids is 1. The highest BCUT2D eigenvalue weighted by molar-refractivity contribution is 5.79. The summed E-state index contributed by atoms with van der Waals surface area (Å²) in [5, 5.41) is 12.0. The van der Waals surface area contributed by atoms with Crippen molar-refractivity contribution in [1.29, 1.82) is 0 Å². The molecule has 2 rings (SSSR count). The van der Waals surface area contributed by atoms with Crippen LogP contribution in [0.25, 0.3) is 0 Å². The molecule has 0 bridgehead atoms. The van der Waals surface area contributed by atoms with Gasteiger partial charge in [-0.2, -0.15) is 0 Å². The summed E-state index contributed by atoms with van der Waals surface area (Å²) >= 11 is 0. The molecule has 1 aromatic rings. The summed E-state index contributed by atoms with van der Waals surface area (Å²) in [6.07, 6.45) is 1.94. The van der Waals surface area contributed by atoms with Gasteiger partial charge in [0.25, 0.3) is 0 Å². The highest BCUT2D eigenvalue weighted by atomic mass is 16.5. The largest absolute Gasteiger partial charge is 0.481 e. The maximum Gasteiger partial charge on any atom is 0.305 e. The maximum atomic E-state index is 12.5. The summed E-state index contributed by atoms with van der Waals surface area (Å²) in [6.45, 7) is 4.41. The first-order valence-electron chi connectivity index (χ1n) is 8.22. The van der Waals surface area contributed by atoms with Gasteiger partial charge in [-0.25, -0.2) is 0 Å². The lowest BCUT2D eigenvalue weighted by Gasteiger charge is -2.33. The Morgan fingerprint density at radius 2 is 2.00 bits per heavy atom. The van der Waals surface area contributed by atoms with Crippen LogP contribution in [-0.2, 0) is 20.7 Å². The molecule has 0 aliphatic carbocycles. The van der Waals surface area contributed by atoms with Crippen LogP contribution in [0, 0.1) is 0 Å². The first kappa shape index (κ1) is 17.5. The molecule has 0 aromatic heterocycles. The highest BCUT2D eigenvalue weighted by Crippen LogP contribution is 2.30. The van der Waals surface area contributed by atoms with Gasteiger partial charge in [0, 0.05) is 5.54 Å². The number of hydrogen-bond donors (Lipinski definition) is 2. The minimum atomic E-state index is -0.895. The van der Waals surface area contributed by atoms with E-state index in [1.165, 1.54) is 5.56 Å². The average Bonchev–Trinajstić information content (AvgIpc) is 2.54. The lowest BCUT2D eigenvalue weighted by Crippen LogP contribution is -2.49. The summed E-state index contributed by atoms with van der Waals surface area (Å²) in [7, 11) is 0. The van der Waals surface area contributed by atoms with Crippen LogP contribution in [-0.4, -0.2) is 29.1 Å². The van der Waals surface area contributed by atoms with Crippen molar-refractivity contribution in [2.45, 2.75) is 57.6 Å². The van der Waals surface area contributed by atoms with Gasteiger partial charge in [-0.3, -0.25) is 9.59 Å². The van der Waals surface area contributed by atoms with Crippen LogP contribution in [0.2, 0.25) is 0 Å². The fourth-order valence-electron chi connectivity index (χ4n) is 3.17. The molecule has 1 heterocycles. The Kier molecular flexibility index (Phi) is 5.77. The SMILES string of the molecule is CCC(CC)(CC(=O)O)NC(=O)CC1OCCc2ccccc21. The molecule has 5 nitrogen and oxygen atoms in total. The number of hydrogen-bond acceptors (Lipinski definition) is 3. The Morgan fingerprint density at radius 1 is 1.30 bits per heavy atom. The Morgan fingerprint density at radius 3 is 2.65 bits per heavy atom. The molecule has 0 spiro atoms. The first-order valence-corrected chi connectivity index (χ1v) is 8.22. The second-order valence-corrected chi connectivity index (χ2v) is 6.12. The van der Waals surface area contributed by atoms with Gasteiger partial charge < -0.3 is 15.2 Å². The number of amides is 1. The van der Waals surface area contributed by atoms with E-state index in [9.17, 15) is 9.59 Å². The van der Waals surface area contributed by atoms with Gasteiger partial charge in [-0.15, -0.1) is 0 Å². The number of fused-ring (bicyclic) bond motifs is 1. The second kappa shape index (κ2) is 7.59. The van der Waals surface area contributed by atoms with Crippen molar-refractivity contribution in [2.75, 3.05) is 6.61 Å². The third-order valence-corrected chi connectivity index (χ3v) is 4.71. The van der Waals surface area contributed by atoms with Crippen LogP contribution in [0.5, 0.6) is 0 Å². The van der Waals surface area contributed by atoms with E-state index in [1.54, 1.807) is 0 Å². The number of ether oxygens (including phenoxy) is 1. The van der Waals surface area contributed by atoms with Crippen molar-refractivity contribution >= 4 is 11.9 Å². The predicted molar refractivity (Wildman–Crippen MR) is 87.2 cm³/mol. The summed E-state index contributed by atoms with van der Waals surface area (Å²) in [4.78, 5) is 23.5. The monoisotopic (exact) mass is 319 g/mol. The summed E-state index contributed by atoms with van der Waals surface area (Å²) in [6, 6.07) is 8.00. The first-order chi connectivity index (χ1) is 11.0. The summed E-state index contributed by atoms with van der Waals surface area (Å²) in [5.74, 6) is -1.05. The van der Waals surface area contributed by atoms with Crippen molar-refractivity contribution in [1.82, 2.24) is 5.32 Å². The molecular formula is C18H25NO4. The van der Waals surface area contributed by atoms with Crippen molar-refractivity contribution in [3.05, 3.63) is 35.4 Å². The van der Waals surface area contributed by atoms with Gasteiger partial charge in [0.15, 0.2) is 0 Å². The molecule has 1 amide bonds. The van der Waals surface area contributed by atoms with Crippen molar-refractivity contribution in [3.8, 4) is 0 Å². The molecular weight excluding hydrogens is 294 g/mol. The van der Waals surface area contributed by atoms with Crippen molar-refractivity contribution in [2.24, 2.45) is 0 Å². The third-order valence-electron chi connectivity index (χ3n) is 4.71. The Labute approximate surface area is 137 Å². The quantitative estimate of drug-likeness (QED) is 0.810. The number of carbonyl (C=O) groups is 2. The number of rotatable bonds is 7. The number of carbonyl (C=O) groups excluding carboxylic acids is 1. The normalized spacial score (nSPS) is 17.4. The average molecular weight is 319 g/mol. The molecule has 0 saturated heterocycles. The predicted octanol–water partition coefficient (Wildman–Crippen LogP) is 2.84. The molecule has 1 aromatic carbocycles. The molecule has 2 N–H and O–H groups in total. The molecule has 1 aliphatic heterocycles. The minimum absolute atomic E-state index is 0.0617. The Bertz CT molecular complexity index is 566. The molecule has 0 fully saturated rings. The Hall–Kier alpha value is -1.88. The molecule has 126 valence electrons. The van der Waals surface area contributed by atoms with E-state index >= 15 is 0 Å². The fourth-order valence-corrected chi connectivity index (χ4v) is 3.17. The van der Waals surface area contributed by atoms with Crippen LogP contribution < -0.4 is 5.32 Å². The summed E-state index contributed by atoms with van der Waals surface area (Å²) in [5.41, 5.74) is 1.60. The zero-order valence-electron chi connectivity index (χ0n) is 13.8. The van der Waals surface area contributed by atoms with Crippen molar-refractivity contribution < 1.29 is 19.4 Å². The van der Waals surface area contributed by atoms with Crippen molar-refractivity contribution in [3.63, 3.8) is 0 Å². The highest BCUT2D eigenvalue weighted by Gasteiger charge is 2.32. The molecule has 1 unspecified atom stereocenters. The molecule has 1 aliphatic rings. The van der Waals surface area contributed by atoms with Crippen LogP contribution >= 0.6 is 0 Å². The van der Waals surface area contributed by atoms with Crippen LogP contribution in [0.3, 0.4) is 0 Å². The van der Waals surface area contributed by atoms with Gasteiger partial charge in [-0.1, -0.05) is 38.1 Å². The van der Waals surface area contributed by atoms with E-state index in [4.69, 9.17) is 9.84 Å². The molecule has 1 atom stereocenters. The molecule has 0 saturated carbocycles. The molecule has 5 heteroatoms. The number of carboxylic acid groups (broad SMARTS) is 1. The van der Waals surface area contributed by atoms with E-state index in [2.05, 4.69) is 11.4 Å². The zero-order valence-corrected chi connectivity index (χ0v) is 13.8. The second-order valence-electron chi connectivity index (χ2n) is 6.12. The van der Waals surface area contributed by atoms with E-state index in [-0.39, 0.29) is 24.9 Å². The van der Waals surface area contributed by atoms with Gasteiger partial charge >= 0.3 is 5.97 Å². The smallest absolute Gasteiger partial charge is 0.305 e. The van der Waals surface area contributed by atoms with Gasteiger partial charge in [-0.05, 0) is 30.4 Å². The lowest BCUT2D eigenvalue weighted by molar-refractivity contribution is -0.139. The number of nitrogens with one attached hydrogen (secondary N) is 1. The van der Waals surface area contributed by atoms with Gasteiger partial charge in [0.2, 0.25) is 5.91 Å². The minimum Gasteiger partial charge on any atom is -0.481 e. The van der Waals surface area contributed by atoms with Crippen LogP contribution in [0.4, 0.5) is 0 Å². The standard InChI is InChI=1S/C18H25NO4/c1-3-18(4-2,12-17(21)22)19-16(20)11-15-14-8-6-5-7-13(14)9-10-23-15/h5-8,15H,3-4,9-12H2,1-2H3,(H,19,20)(H,21,22). The Balaban J connectivity index is 2.06. The lowest BCUT2D eigenvalue weighted by atomic mass is 9.88. The van der Waals surface area contributed by atoms with Crippen LogP contribution in [0.1, 0.15) is 56.8 Å². The maximum absolute atomic E-state index is 12.5. The summed E-state index contributed by atoms with van der Waals surface area (Å²) < 4.78 is 5.76. The zero-order chi connectivity index (χ0) is 16.9. The number of benzene rings is 1. The van der Waals surface area contributed by atoms with Gasteiger partial charge in [0.1, 0.15) is 0 Å². The number of aliphatic carboxylic acids is 1. The molecule has 0 radical (unpaired) electrons. The molecule has 23 heavy (non-hydrogen) atoms.